The highest BCUT2D eigenvalue weighted by atomic mass is 32.2. The van der Waals surface area contributed by atoms with Crippen LogP contribution in [0.3, 0.4) is 0 Å². The summed E-state index contributed by atoms with van der Waals surface area (Å²) in [4.78, 5) is 12.3. The van der Waals surface area contributed by atoms with Crippen LogP contribution in [0.4, 0.5) is 0 Å². The molecule has 6 heteroatoms. The van der Waals surface area contributed by atoms with Crippen LogP contribution in [0, 0.1) is 11.3 Å². The van der Waals surface area contributed by atoms with Crippen molar-refractivity contribution in [2.45, 2.75) is 29.9 Å². The van der Waals surface area contributed by atoms with E-state index < -0.39 is 0 Å². The molecule has 0 spiro atoms. The van der Waals surface area contributed by atoms with E-state index in [0.717, 1.165) is 11.3 Å². The third-order valence-corrected chi connectivity index (χ3v) is 3.45. The number of rotatable bonds is 4. The van der Waals surface area contributed by atoms with Gasteiger partial charge in [0.25, 0.3) is 0 Å². The van der Waals surface area contributed by atoms with E-state index in [1.54, 1.807) is 10.6 Å². The van der Waals surface area contributed by atoms with Gasteiger partial charge in [0.05, 0.1) is 5.56 Å². The lowest BCUT2D eigenvalue weighted by molar-refractivity contribution is 0.604. The third-order valence-electron chi connectivity index (χ3n) is 2.38. The smallest absolute Gasteiger partial charge is 0.270 e. The van der Waals surface area contributed by atoms with Crippen LogP contribution in [0.1, 0.15) is 18.9 Å². The van der Waals surface area contributed by atoms with E-state index in [1.165, 1.54) is 11.8 Å². The predicted molar refractivity (Wildman–Crippen MR) is 68.4 cm³/mol. The molecule has 1 heterocycles. The molecule has 0 saturated heterocycles. The van der Waals surface area contributed by atoms with Crippen molar-refractivity contribution in [3.8, 4) is 6.07 Å². The van der Waals surface area contributed by atoms with Gasteiger partial charge < -0.3 is 0 Å². The highest BCUT2D eigenvalue weighted by Gasteiger charge is 2.11. The molecule has 0 atom stereocenters. The van der Waals surface area contributed by atoms with Crippen molar-refractivity contribution in [3.05, 3.63) is 40.3 Å². The summed E-state index contributed by atoms with van der Waals surface area (Å²) in [6.45, 7) is 2.61. The minimum absolute atomic E-state index is 0.214. The maximum Gasteiger partial charge on any atom is 0.343 e. The molecule has 2 rings (SSSR count). The number of aromatic nitrogens is 3. The van der Waals surface area contributed by atoms with E-state index in [1.807, 2.05) is 25.1 Å². The van der Waals surface area contributed by atoms with Crippen LogP contribution in [0.2, 0.25) is 0 Å². The Labute approximate surface area is 108 Å². The molecule has 0 aliphatic carbocycles. The van der Waals surface area contributed by atoms with Crippen molar-refractivity contribution in [1.29, 1.82) is 5.26 Å². The summed E-state index contributed by atoms with van der Waals surface area (Å²) < 4.78 is 1.58. The monoisotopic (exact) mass is 260 g/mol. The van der Waals surface area contributed by atoms with E-state index in [4.69, 9.17) is 5.26 Å². The van der Waals surface area contributed by atoms with Crippen molar-refractivity contribution in [2.75, 3.05) is 0 Å². The first-order valence-corrected chi connectivity index (χ1v) is 6.40. The van der Waals surface area contributed by atoms with Gasteiger partial charge in [-0.05, 0) is 30.3 Å². The molecule has 1 aromatic carbocycles. The van der Waals surface area contributed by atoms with Gasteiger partial charge in [-0.25, -0.2) is 9.89 Å². The van der Waals surface area contributed by atoms with E-state index in [9.17, 15) is 4.79 Å². The summed E-state index contributed by atoms with van der Waals surface area (Å²) in [5, 5.41) is 16.0. The molecule has 2 aromatic rings. The average molecular weight is 260 g/mol. The van der Waals surface area contributed by atoms with E-state index >= 15 is 0 Å². The lowest BCUT2D eigenvalue weighted by atomic mass is 10.2. The molecule has 0 amide bonds. The van der Waals surface area contributed by atoms with Gasteiger partial charge in [0.2, 0.25) is 0 Å². The Morgan fingerprint density at radius 3 is 3.00 bits per heavy atom. The molecule has 0 aliphatic heterocycles. The van der Waals surface area contributed by atoms with E-state index in [0.29, 0.717) is 17.3 Å². The zero-order valence-electron chi connectivity index (χ0n) is 9.88. The standard InChI is InChI=1S/C12H12N4OS/c1-2-7-16-11(17)14-15-12(16)18-10-6-4-3-5-9(10)8-13/h3-6H,2,7H2,1H3,(H,14,17). The Balaban J connectivity index is 2.35. The number of hydrogen-bond acceptors (Lipinski definition) is 4. The number of H-pyrrole nitrogens is 1. The molecule has 1 N–H and O–H groups in total. The number of nitrogens with zero attached hydrogens (tertiary/aromatic N) is 3. The summed E-state index contributed by atoms with van der Waals surface area (Å²) in [6.07, 6.45) is 0.854. The van der Waals surface area contributed by atoms with Crippen LogP contribution in [-0.2, 0) is 6.54 Å². The number of nitriles is 1. The second-order valence-corrected chi connectivity index (χ2v) is 4.68. The summed E-state index contributed by atoms with van der Waals surface area (Å²) in [7, 11) is 0. The van der Waals surface area contributed by atoms with Crippen LogP contribution in [-0.4, -0.2) is 14.8 Å². The van der Waals surface area contributed by atoms with E-state index in [-0.39, 0.29) is 5.69 Å². The van der Waals surface area contributed by atoms with Crippen LogP contribution < -0.4 is 5.69 Å². The molecule has 0 fully saturated rings. The summed E-state index contributed by atoms with van der Waals surface area (Å²) >= 11 is 1.32. The van der Waals surface area contributed by atoms with Crippen LogP contribution in [0.5, 0.6) is 0 Å². The predicted octanol–water partition coefficient (Wildman–Crippen LogP) is 2.00. The minimum Gasteiger partial charge on any atom is -0.270 e. The van der Waals surface area contributed by atoms with Crippen molar-refractivity contribution < 1.29 is 0 Å². The molecule has 18 heavy (non-hydrogen) atoms. The molecule has 0 aliphatic rings. The molecule has 0 radical (unpaired) electrons. The molecule has 0 unspecified atom stereocenters. The van der Waals surface area contributed by atoms with Crippen molar-refractivity contribution in [1.82, 2.24) is 14.8 Å². The summed E-state index contributed by atoms with van der Waals surface area (Å²) in [6, 6.07) is 9.39. The molecule has 5 nitrogen and oxygen atoms in total. The highest BCUT2D eigenvalue weighted by Crippen LogP contribution is 2.27. The number of benzene rings is 1. The molecular weight excluding hydrogens is 248 g/mol. The largest absolute Gasteiger partial charge is 0.343 e. The quantitative estimate of drug-likeness (QED) is 0.912. The van der Waals surface area contributed by atoms with Gasteiger partial charge in [-0.15, -0.1) is 5.10 Å². The Morgan fingerprint density at radius 1 is 1.50 bits per heavy atom. The van der Waals surface area contributed by atoms with Gasteiger partial charge in [-0.2, -0.15) is 5.26 Å². The van der Waals surface area contributed by atoms with E-state index in [2.05, 4.69) is 16.3 Å². The van der Waals surface area contributed by atoms with Crippen LogP contribution in [0.15, 0.2) is 39.1 Å². The Hall–Kier alpha value is -2.00. The first-order chi connectivity index (χ1) is 8.76. The third kappa shape index (κ3) is 2.46. The van der Waals surface area contributed by atoms with Gasteiger partial charge in [0.1, 0.15) is 6.07 Å². The molecule has 0 saturated carbocycles. The normalized spacial score (nSPS) is 10.2. The Kier molecular flexibility index (Phi) is 3.85. The van der Waals surface area contributed by atoms with Gasteiger partial charge in [0.15, 0.2) is 5.16 Å². The topological polar surface area (TPSA) is 74.5 Å². The minimum atomic E-state index is -0.214. The first-order valence-electron chi connectivity index (χ1n) is 5.58. The van der Waals surface area contributed by atoms with Crippen molar-refractivity contribution >= 4 is 11.8 Å². The fourth-order valence-electron chi connectivity index (χ4n) is 1.55. The molecular formula is C12H12N4OS. The molecule has 92 valence electrons. The Bertz CT molecular complexity index is 638. The van der Waals surface area contributed by atoms with Gasteiger partial charge in [-0.3, -0.25) is 4.57 Å². The van der Waals surface area contributed by atoms with Gasteiger partial charge in [-0.1, -0.05) is 19.1 Å². The Morgan fingerprint density at radius 2 is 2.28 bits per heavy atom. The zero-order chi connectivity index (χ0) is 13.0. The van der Waals surface area contributed by atoms with Crippen LogP contribution >= 0.6 is 11.8 Å². The number of nitrogens with one attached hydrogen (secondary N) is 1. The molecule has 0 bridgehead atoms. The fraction of sp³-hybridized carbons (Fsp3) is 0.250. The number of hydrogen-bond donors (Lipinski definition) is 1. The fourth-order valence-corrected chi connectivity index (χ4v) is 2.49. The maximum atomic E-state index is 11.5. The van der Waals surface area contributed by atoms with Crippen LogP contribution in [0.25, 0.3) is 0 Å². The lowest BCUT2D eigenvalue weighted by Crippen LogP contribution is -2.17. The highest BCUT2D eigenvalue weighted by molar-refractivity contribution is 7.99. The summed E-state index contributed by atoms with van der Waals surface area (Å²) in [5.41, 5.74) is 0.370. The zero-order valence-corrected chi connectivity index (χ0v) is 10.7. The average Bonchev–Trinajstić information content (AvgIpc) is 2.73. The molecule has 1 aromatic heterocycles. The van der Waals surface area contributed by atoms with Crippen molar-refractivity contribution in [2.24, 2.45) is 0 Å². The maximum absolute atomic E-state index is 11.5. The SMILES string of the molecule is CCCn1c(Sc2ccccc2C#N)n[nH]c1=O. The first kappa shape index (κ1) is 12.5. The van der Waals surface area contributed by atoms with Crippen molar-refractivity contribution in [3.63, 3.8) is 0 Å². The van der Waals surface area contributed by atoms with Gasteiger partial charge in [0, 0.05) is 11.4 Å². The summed E-state index contributed by atoms with van der Waals surface area (Å²) in [5.74, 6) is 0. The number of aromatic amines is 1. The second kappa shape index (κ2) is 5.56. The lowest BCUT2D eigenvalue weighted by Gasteiger charge is -2.04. The van der Waals surface area contributed by atoms with Gasteiger partial charge >= 0.3 is 5.69 Å². The second-order valence-electron chi connectivity index (χ2n) is 3.67.